The van der Waals surface area contributed by atoms with Crippen LogP contribution in [0.4, 0.5) is 0 Å². The minimum Gasteiger partial charge on any atom is -0.457 e. The Balaban J connectivity index is 2.54. The molecule has 72 valence electrons. The highest BCUT2D eigenvalue weighted by Gasteiger charge is 2.12. The van der Waals surface area contributed by atoms with Crippen LogP contribution in [0.25, 0.3) is 0 Å². The van der Waals surface area contributed by atoms with Gasteiger partial charge in [-0.05, 0) is 22.0 Å². The molecule has 0 aromatic carbocycles. The molecule has 1 aromatic heterocycles. The van der Waals surface area contributed by atoms with Crippen molar-refractivity contribution in [1.82, 2.24) is 5.32 Å². The molecule has 0 bridgehead atoms. The highest BCUT2D eigenvalue weighted by atomic mass is 79.9. The van der Waals surface area contributed by atoms with E-state index >= 15 is 0 Å². The van der Waals surface area contributed by atoms with Gasteiger partial charge in [0, 0.05) is 6.54 Å². The van der Waals surface area contributed by atoms with Crippen LogP contribution in [0.2, 0.25) is 0 Å². The summed E-state index contributed by atoms with van der Waals surface area (Å²) >= 11 is 14.0. The number of rotatable bonds is 3. The van der Waals surface area contributed by atoms with Crippen LogP contribution in [0.1, 0.15) is 10.4 Å². The number of furan rings is 1. The van der Waals surface area contributed by atoms with Gasteiger partial charge in [0.1, 0.15) is 4.84 Å². The van der Waals surface area contributed by atoms with E-state index in [2.05, 4.69) is 21.2 Å². The Morgan fingerprint density at radius 2 is 2.38 bits per heavy atom. The van der Waals surface area contributed by atoms with Gasteiger partial charge < -0.3 is 9.73 Å². The van der Waals surface area contributed by atoms with Crippen LogP contribution < -0.4 is 5.32 Å². The standard InChI is InChI=1S/C7H6BrCl2NO2/c8-6-4(1-2-13-6)7(12)11-3-5(9)10/h1-2,5H,3H2,(H,11,12). The Morgan fingerprint density at radius 3 is 2.85 bits per heavy atom. The van der Waals surface area contributed by atoms with E-state index in [9.17, 15) is 4.79 Å². The van der Waals surface area contributed by atoms with Gasteiger partial charge in [-0.25, -0.2) is 0 Å². The molecule has 1 rings (SSSR count). The second-order valence-corrected chi connectivity index (χ2v) is 4.21. The number of carbonyl (C=O) groups is 1. The van der Waals surface area contributed by atoms with E-state index in [-0.39, 0.29) is 12.5 Å². The molecular formula is C7H6BrCl2NO2. The number of nitrogens with one attached hydrogen (secondary N) is 1. The van der Waals surface area contributed by atoms with E-state index in [1.54, 1.807) is 6.07 Å². The first kappa shape index (κ1) is 10.9. The van der Waals surface area contributed by atoms with Crippen molar-refractivity contribution in [1.29, 1.82) is 0 Å². The van der Waals surface area contributed by atoms with Gasteiger partial charge in [-0.3, -0.25) is 4.79 Å². The van der Waals surface area contributed by atoms with Crippen molar-refractivity contribution in [2.45, 2.75) is 4.84 Å². The fourth-order valence-electron chi connectivity index (χ4n) is 0.721. The van der Waals surface area contributed by atoms with E-state index in [1.807, 2.05) is 0 Å². The fraction of sp³-hybridized carbons (Fsp3) is 0.286. The van der Waals surface area contributed by atoms with E-state index < -0.39 is 4.84 Å². The molecule has 0 radical (unpaired) electrons. The molecule has 0 saturated heterocycles. The number of halogens is 3. The summed E-state index contributed by atoms with van der Waals surface area (Å²) in [5, 5.41) is 2.53. The molecule has 0 saturated carbocycles. The second-order valence-electron chi connectivity index (χ2n) is 2.21. The number of alkyl halides is 2. The minimum atomic E-state index is -0.602. The first-order chi connectivity index (χ1) is 6.11. The van der Waals surface area contributed by atoms with Gasteiger partial charge >= 0.3 is 0 Å². The lowest BCUT2D eigenvalue weighted by atomic mass is 10.3. The summed E-state index contributed by atoms with van der Waals surface area (Å²) in [6.07, 6.45) is 1.41. The number of hydrogen-bond donors (Lipinski definition) is 1. The Morgan fingerprint density at radius 1 is 1.69 bits per heavy atom. The third kappa shape index (κ3) is 3.21. The van der Waals surface area contributed by atoms with Crippen LogP contribution in [0.3, 0.4) is 0 Å². The highest BCUT2D eigenvalue weighted by molar-refractivity contribution is 9.10. The Hall–Kier alpha value is -0.190. The Labute approximate surface area is 93.5 Å². The zero-order chi connectivity index (χ0) is 9.84. The molecule has 0 spiro atoms. The zero-order valence-electron chi connectivity index (χ0n) is 6.39. The van der Waals surface area contributed by atoms with Gasteiger partial charge in [-0.1, -0.05) is 0 Å². The predicted octanol–water partition coefficient (Wildman–Crippen LogP) is 2.58. The second kappa shape index (κ2) is 4.88. The largest absolute Gasteiger partial charge is 0.457 e. The van der Waals surface area contributed by atoms with Gasteiger partial charge in [0.05, 0.1) is 11.8 Å². The molecule has 3 nitrogen and oxygen atoms in total. The zero-order valence-corrected chi connectivity index (χ0v) is 9.49. The van der Waals surface area contributed by atoms with Gasteiger partial charge in [-0.2, -0.15) is 0 Å². The predicted molar refractivity (Wildman–Crippen MR) is 54.2 cm³/mol. The molecule has 1 aromatic rings. The summed E-state index contributed by atoms with van der Waals surface area (Å²) in [4.78, 5) is 10.7. The van der Waals surface area contributed by atoms with Crippen molar-refractivity contribution in [2.75, 3.05) is 6.54 Å². The monoisotopic (exact) mass is 285 g/mol. The van der Waals surface area contributed by atoms with Crippen molar-refractivity contribution < 1.29 is 9.21 Å². The van der Waals surface area contributed by atoms with Crippen molar-refractivity contribution in [3.05, 3.63) is 22.6 Å². The first-order valence-electron chi connectivity index (χ1n) is 3.40. The van der Waals surface area contributed by atoms with Gasteiger partial charge in [-0.15, -0.1) is 23.2 Å². The highest BCUT2D eigenvalue weighted by Crippen LogP contribution is 2.17. The maximum absolute atomic E-state index is 11.3. The molecule has 0 atom stereocenters. The van der Waals surface area contributed by atoms with Crippen LogP contribution in [-0.4, -0.2) is 17.3 Å². The van der Waals surface area contributed by atoms with Gasteiger partial charge in [0.15, 0.2) is 4.67 Å². The molecule has 0 unspecified atom stereocenters. The molecular weight excluding hydrogens is 281 g/mol. The van der Waals surface area contributed by atoms with E-state index in [1.165, 1.54) is 6.26 Å². The van der Waals surface area contributed by atoms with Gasteiger partial charge in [0.2, 0.25) is 0 Å². The summed E-state index contributed by atoms with van der Waals surface area (Å²) in [6, 6.07) is 1.55. The topological polar surface area (TPSA) is 42.2 Å². The number of carbonyl (C=O) groups excluding carboxylic acids is 1. The lowest BCUT2D eigenvalue weighted by Gasteiger charge is -2.03. The summed E-state index contributed by atoms with van der Waals surface area (Å²) in [7, 11) is 0. The van der Waals surface area contributed by atoms with Crippen LogP contribution in [0.15, 0.2) is 21.4 Å². The molecule has 6 heteroatoms. The summed E-state index contributed by atoms with van der Waals surface area (Å²) in [5.41, 5.74) is 0.425. The first-order valence-corrected chi connectivity index (χ1v) is 5.07. The van der Waals surface area contributed by atoms with Gasteiger partial charge in [0.25, 0.3) is 5.91 Å². The van der Waals surface area contributed by atoms with Crippen molar-refractivity contribution in [2.24, 2.45) is 0 Å². The summed E-state index contributed by atoms with van der Waals surface area (Å²) in [5.74, 6) is -0.271. The van der Waals surface area contributed by atoms with Crippen molar-refractivity contribution in [3.63, 3.8) is 0 Å². The quantitative estimate of drug-likeness (QED) is 0.868. The average Bonchev–Trinajstić information content (AvgIpc) is 2.47. The molecule has 0 aliphatic carbocycles. The van der Waals surface area contributed by atoms with Crippen LogP contribution in [-0.2, 0) is 0 Å². The fourth-order valence-corrected chi connectivity index (χ4v) is 1.30. The smallest absolute Gasteiger partial charge is 0.255 e. The lowest BCUT2D eigenvalue weighted by molar-refractivity contribution is 0.0953. The third-order valence-corrected chi connectivity index (χ3v) is 2.20. The van der Waals surface area contributed by atoms with Crippen molar-refractivity contribution >= 4 is 45.0 Å². The third-order valence-electron chi connectivity index (χ3n) is 1.28. The Kier molecular flexibility index (Phi) is 4.09. The van der Waals surface area contributed by atoms with Crippen LogP contribution >= 0.6 is 39.1 Å². The average molecular weight is 287 g/mol. The normalized spacial score (nSPS) is 10.5. The summed E-state index contributed by atoms with van der Waals surface area (Å²) in [6.45, 7) is 0.208. The minimum absolute atomic E-state index is 0.208. The SMILES string of the molecule is O=C(NCC(Cl)Cl)c1ccoc1Br. The maximum Gasteiger partial charge on any atom is 0.255 e. The summed E-state index contributed by atoms with van der Waals surface area (Å²) < 4.78 is 5.28. The molecule has 1 N–H and O–H groups in total. The van der Waals surface area contributed by atoms with E-state index in [4.69, 9.17) is 27.6 Å². The molecule has 1 amide bonds. The van der Waals surface area contributed by atoms with E-state index in [0.29, 0.717) is 10.2 Å². The molecule has 0 fully saturated rings. The molecule has 13 heavy (non-hydrogen) atoms. The van der Waals surface area contributed by atoms with Crippen LogP contribution in [0, 0.1) is 0 Å². The van der Waals surface area contributed by atoms with Crippen LogP contribution in [0.5, 0.6) is 0 Å². The van der Waals surface area contributed by atoms with Crippen molar-refractivity contribution in [3.8, 4) is 0 Å². The Bertz CT molecular complexity index is 300. The lowest BCUT2D eigenvalue weighted by Crippen LogP contribution is -2.27. The molecule has 0 aliphatic rings. The maximum atomic E-state index is 11.3. The van der Waals surface area contributed by atoms with E-state index in [0.717, 1.165) is 0 Å². The number of hydrogen-bond acceptors (Lipinski definition) is 2. The number of amides is 1. The molecule has 0 aliphatic heterocycles. The molecule has 1 heterocycles.